The van der Waals surface area contributed by atoms with Gasteiger partial charge in [0.25, 0.3) is 5.91 Å². The molecule has 2 aliphatic heterocycles. The Hall–Kier alpha value is -2.65. The van der Waals surface area contributed by atoms with Gasteiger partial charge in [0.1, 0.15) is 0 Å². The summed E-state index contributed by atoms with van der Waals surface area (Å²) >= 11 is 0. The molecule has 0 bridgehead atoms. The third kappa shape index (κ3) is 2.52. The maximum atomic E-state index is 12.0. The van der Waals surface area contributed by atoms with Crippen molar-refractivity contribution in [2.24, 2.45) is 5.92 Å². The molecule has 5 rings (SSSR count). The molecule has 1 saturated heterocycles. The summed E-state index contributed by atoms with van der Waals surface area (Å²) in [6, 6.07) is 21.0. The molecule has 124 valence electrons. The van der Waals surface area contributed by atoms with E-state index in [1.807, 2.05) is 18.2 Å². The second kappa shape index (κ2) is 5.71. The van der Waals surface area contributed by atoms with Gasteiger partial charge < -0.3 is 5.32 Å². The highest BCUT2D eigenvalue weighted by Crippen LogP contribution is 2.36. The Morgan fingerprint density at radius 3 is 2.64 bits per heavy atom. The Balaban J connectivity index is 1.32. The van der Waals surface area contributed by atoms with Gasteiger partial charge in [-0.1, -0.05) is 48.5 Å². The van der Waals surface area contributed by atoms with E-state index in [0.717, 1.165) is 42.7 Å². The first kappa shape index (κ1) is 14.7. The first-order valence-corrected chi connectivity index (χ1v) is 8.90. The zero-order chi connectivity index (χ0) is 16.8. The first-order chi connectivity index (χ1) is 12.3. The molecule has 0 radical (unpaired) electrons. The Labute approximate surface area is 147 Å². The van der Waals surface area contributed by atoms with E-state index in [4.69, 9.17) is 0 Å². The van der Waals surface area contributed by atoms with Crippen LogP contribution in [0, 0.1) is 5.92 Å². The van der Waals surface area contributed by atoms with Crippen LogP contribution < -0.4 is 5.32 Å². The Kier molecular flexibility index (Phi) is 3.35. The molecule has 0 unspecified atom stereocenters. The highest BCUT2D eigenvalue weighted by Gasteiger charge is 2.28. The lowest BCUT2D eigenvalue weighted by atomic mass is 9.88. The van der Waals surface area contributed by atoms with Gasteiger partial charge in [0, 0.05) is 36.3 Å². The normalized spacial score (nSPS) is 16.9. The number of rotatable bonds is 4. The number of carbonyl (C=O) groups is 1. The van der Waals surface area contributed by atoms with Crippen LogP contribution in [-0.2, 0) is 13.0 Å². The zero-order valence-electron chi connectivity index (χ0n) is 14.0. The van der Waals surface area contributed by atoms with Gasteiger partial charge >= 0.3 is 0 Å². The second-order valence-electron chi connectivity index (χ2n) is 7.20. The fourth-order valence-electron chi connectivity index (χ4n) is 4.22. The van der Waals surface area contributed by atoms with E-state index in [0.29, 0.717) is 5.92 Å². The molecule has 25 heavy (non-hydrogen) atoms. The highest BCUT2D eigenvalue weighted by atomic mass is 16.1. The minimum Gasteiger partial charge on any atom is -0.321 e. The lowest BCUT2D eigenvalue weighted by molar-refractivity contribution is 0.0928. The molecule has 3 aromatic carbocycles. The van der Waals surface area contributed by atoms with E-state index in [-0.39, 0.29) is 5.91 Å². The number of likely N-dealkylation sites (tertiary alicyclic amines) is 1. The quantitative estimate of drug-likeness (QED) is 0.783. The largest absolute Gasteiger partial charge is 0.321 e. The minimum absolute atomic E-state index is 0.0235. The van der Waals surface area contributed by atoms with Crippen LogP contribution in [0.4, 0.5) is 5.69 Å². The van der Waals surface area contributed by atoms with Crippen LogP contribution in [0.15, 0.2) is 60.7 Å². The third-order valence-electron chi connectivity index (χ3n) is 5.41. The number of anilines is 1. The summed E-state index contributed by atoms with van der Waals surface area (Å²) in [5.74, 6) is 0.723. The number of benzene rings is 3. The van der Waals surface area contributed by atoms with Gasteiger partial charge in [0.2, 0.25) is 0 Å². The molecule has 0 atom stereocenters. The van der Waals surface area contributed by atoms with Crippen molar-refractivity contribution >= 4 is 22.4 Å². The molecule has 0 spiro atoms. The summed E-state index contributed by atoms with van der Waals surface area (Å²) in [4.78, 5) is 14.6. The molecule has 0 saturated carbocycles. The van der Waals surface area contributed by atoms with Crippen LogP contribution in [0.5, 0.6) is 0 Å². The average molecular weight is 328 g/mol. The summed E-state index contributed by atoms with van der Waals surface area (Å²) in [5.41, 5.74) is 4.52. The van der Waals surface area contributed by atoms with E-state index in [2.05, 4.69) is 52.7 Å². The van der Waals surface area contributed by atoms with Gasteiger partial charge in [-0.2, -0.15) is 0 Å². The standard InChI is InChI=1S/C22H20N2O/c25-22-19-10-9-17(18-7-4-8-20(23-22)21(18)19)11-16-13-24(14-16)12-15-5-2-1-3-6-15/h1-10,16H,11-14H2,(H,23,25). The van der Waals surface area contributed by atoms with Gasteiger partial charge in [-0.3, -0.25) is 9.69 Å². The molecule has 0 aromatic heterocycles. The van der Waals surface area contributed by atoms with E-state index < -0.39 is 0 Å². The molecule has 3 heteroatoms. The smallest absolute Gasteiger partial charge is 0.256 e. The molecule has 2 aliphatic rings. The van der Waals surface area contributed by atoms with E-state index in [1.165, 1.54) is 16.5 Å². The molecule has 1 amide bonds. The monoisotopic (exact) mass is 328 g/mol. The van der Waals surface area contributed by atoms with Crippen molar-refractivity contribution in [3.8, 4) is 0 Å². The number of hydrogen-bond acceptors (Lipinski definition) is 2. The summed E-state index contributed by atoms with van der Waals surface area (Å²) < 4.78 is 0. The van der Waals surface area contributed by atoms with E-state index in [9.17, 15) is 4.79 Å². The van der Waals surface area contributed by atoms with E-state index in [1.54, 1.807) is 0 Å². The number of nitrogens with one attached hydrogen (secondary N) is 1. The van der Waals surface area contributed by atoms with Crippen molar-refractivity contribution in [2.45, 2.75) is 13.0 Å². The Morgan fingerprint density at radius 2 is 1.80 bits per heavy atom. The van der Waals surface area contributed by atoms with E-state index >= 15 is 0 Å². The number of amides is 1. The highest BCUT2D eigenvalue weighted by molar-refractivity contribution is 6.24. The average Bonchev–Trinajstić information content (AvgIpc) is 2.93. The topological polar surface area (TPSA) is 32.3 Å². The summed E-state index contributed by atoms with van der Waals surface area (Å²) in [6.07, 6.45) is 1.08. The Morgan fingerprint density at radius 1 is 0.960 bits per heavy atom. The predicted octanol–water partition coefficient (Wildman–Crippen LogP) is 4.08. The van der Waals surface area contributed by atoms with Gasteiger partial charge in [-0.05, 0) is 41.0 Å². The Bertz CT molecular complexity index is 958. The summed E-state index contributed by atoms with van der Waals surface area (Å²) in [7, 11) is 0. The van der Waals surface area contributed by atoms with Crippen LogP contribution >= 0.6 is 0 Å². The van der Waals surface area contributed by atoms with Gasteiger partial charge in [0.05, 0.1) is 0 Å². The number of carbonyl (C=O) groups excluding carboxylic acids is 1. The molecular weight excluding hydrogens is 308 g/mol. The fraction of sp³-hybridized carbons (Fsp3) is 0.227. The predicted molar refractivity (Wildman–Crippen MR) is 101 cm³/mol. The molecule has 3 aromatic rings. The number of hydrogen-bond donors (Lipinski definition) is 1. The van der Waals surface area contributed by atoms with Crippen LogP contribution in [0.25, 0.3) is 10.8 Å². The van der Waals surface area contributed by atoms with Gasteiger partial charge in [-0.25, -0.2) is 0 Å². The lowest BCUT2D eigenvalue weighted by Gasteiger charge is -2.39. The minimum atomic E-state index is 0.0235. The van der Waals surface area contributed by atoms with Gasteiger partial charge in [0.15, 0.2) is 0 Å². The lowest BCUT2D eigenvalue weighted by Crippen LogP contribution is -2.46. The van der Waals surface area contributed by atoms with Crippen LogP contribution in [0.1, 0.15) is 21.5 Å². The molecule has 2 heterocycles. The van der Waals surface area contributed by atoms with Crippen LogP contribution in [0.2, 0.25) is 0 Å². The fourth-order valence-corrected chi connectivity index (χ4v) is 4.22. The number of nitrogens with zero attached hydrogens (tertiary/aromatic N) is 1. The van der Waals surface area contributed by atoms with Crippen molar-refractivity contribution in [1.29, 1.82) is 0 Å². The molecule has 0 aliphatic carbocycles. The summed E-state index contributed by atoms with van der Waals surface area (Å²) in [6.45, 7) is 3.34. The van der Waals surface area contributed by atoms with Crippen molar-refractivity contribution in [3.63, 3.8) is 0 Å². The zero-order valence-corrected chi connectivity index (χ0v) is 14.0. The first-order valence-electron chi connectivity index (χ1n) is 8.90. The van der Waals surface area contributed by atoms with Crippen molar-refractivity contribution < 1.29 is 4.79 Å². The molecule has 1 N–H and O–H groups in total. The maximum Gasteiger partial charge on any atom is 0.256 e. The SMILES string of the molecule is O=C1Nc2cccc3c(CC4CN(Cc5ccccc5)C4)ccc1c23. The molecule has 3 nitrogen and oxygen atoms in total. The van der Waals surface area contributed by atoms with Crippen LogP contribution in [0.3, 0.4) is 0 Å². The van der Waals surface area contributed by atoms with Crippen molar-refractivity contribution in [2.75, 3.05) is 18.4 Å². The maximum absolute atomic E-state index is 12.0. The molecular formula is C22H20N2O. The van der Waals surface area contributed by atoms with Gasteiger partial charge in [-0.15, -0.1) is 0 Å². The van der Waals surface area contributed by atoms with Crippen molar-refractivity contribution in [1.82, 2.24) is 4.90 Å². The molecule has 1 fully saturated rings. The summed E-state index contributed by atoms with van der Waals surface area (Å²) in [5, 5.41) is 5.30. The van der Waals surface area contributed by atoms with Crippen LogP contribution in [-0.4, -0.2) is 23.9 Å². The van der Waals surface area contributed by atoms with Crippen molar-refractivity contribution in [3.05, 3.63) is 77.4 Å². The second-order valence-corrected chi connectivity index (χ2v) is 7.20. The third-order valence-corrected chi connectivity index (χ3v) is 5.41.